The van der Waals surface area contributed by atoms with Gasteiger partial charge >= 0.3 is 0 Å². The van der Waals surface area contributed by atoms with Crippen molar-refractivity contribution in [1.29, 1.82) is 0 Å². The van der Waals surface area contributed by atoms with Gasteiger partial charge in [-0.15, -0.1) is 0 Å². The lowest BCUT2D eigenvalue weighted by molar-refractivity contribution is 0.650. The van der Waals surface area contributed by atoms with Crippen LogP contribution < -0.4 is 5.32 Å². The first kappa shape index (κ1) is 9.78. The highest BCUT2D eigenvalue weighted by Gasteiger charge is 2.11. The van der Waals surface area contributed by atoms with E-state index >= 15 is 0 Å². The molecule has 0 saturated heterocycles. The quantitative estimate of drug-likeness (QED) is 0.750. The lowest BCUT2D eigenvalue weighted by Gasteiger charge is -2.12. The van der Waals surface area contributed by atoms with Gasteiger partial charge in [0, 0.05) is 22.8 Å². The largest absolute Gasteiger partial charge is 0.313 e. The molecule has 66 valence electrons. The summed E-state index contributed by atoms with van der Waals surface area (Å²) in [5, 5.41) is 4.17. The van der Waals surface area contributed by atoms with Gasteiger partial charge in [0.15, 0.2) is 0 Å². The van der Waals surface area contributed by atoms with E-state index in [-0.39, 0.29) is 6.04 Å². The second-order valence-electron chi connectivity index (χ2n) is 2.51. The molecule has 0 aromatic carbocycles. The SMILES string of the molecule is CN[C@@H](C)c1c(Cl)ccnc1Cl. The van der Waals surface area contributed by atoms with Gasteiger partial charge in [0.1, 0.15) is 5.15 Å². The highest BCUT2D eigenvalue weighted by molar-refractivity contribution is 6.35. The van der Waals surface area contributed by atoms with E-state index < -0.39 is 0 Å². The van der Waals surface area contributed by atoms with Gasteiger partial charge in [0.25, 0.3) is 0 Å². The molecule has 0 spiro atoms. The van der Waals surface area contributed by atoms with Crippen LogP contribution in [-0.2, 0) is 0 Å². The standard InChI is InChI=1S/C8H10Cl2N2/c1-5(11-2)7-6(9)3-4-12-8(7)10/h3-5,11H,1-2H3/t5-/m0/s1. The van der Waals surface area contributed by atoms with E-state index in [2.05, 4.69) is 10.3 Å². The monoisotopic (exact) mass is 204 g/mol. The van der Waals surface area contributed by atoms with E-state index in [1.807, 2.05) is 14.0 Å². The van der Waals surface area contributed by atoms with Gasteiger partial charge in [-0.1, -0.05) is 23.2 Å². The molecular formula is C8H10Cl2N2. The van der Waals surface area contributed by atoms with Crippen LogP contribution in [0.2, 0.25) is 10.2 Å². The van der Waals surface area contributed by atoms with Crippen LogP contribution >= 0.6 is 23.2 Å². The van der Waals surface area contributed by atoms with Crippen LogP contribution in [0.3, 0.4) is 0 Å². The number of nitrogens with zero attached hydrogens (tertiary/aromatic N) is 1. The van der Waals surface area contributed by atoms with E-state index in [1.165, 1.54) is 0 Å². The summed E-state index contributed by atoms with van der Waals surface area (Å²) in [7, 11) is 1.85. The Morgan fingerprint density at radius 3 is 2.67 bits per heavy atom. The van der Waals surface area contributed by atoms with E-state index in [9.17, 15) is 0 Å². The second-order valence-corrected chi connectivity index (χ2v) is 3.27. The van der Waals surface area contributed by atoms with Crippen LogP contribution in [0.15, 0.2) is 12.3 Å². The van der Waals surface area contributed by atoms with E-state index in [1.54, 1.807) is 12.3 Å². The van der Waals surface area contributed by atoms with Gasteiger partial charge in [0.05, 0.1) is 0 Å². The fourth-order valence-electron chi connectivity index (χ4n) is 0.956. The maximum absolute atomic E-state index is 5.94. The summed E-state index contributed by atoms with van der Waals surface area (Å²) in [5.41, 5.74) is 0.850. The second kappa shape index (κ2) is 4.08. The molecule has 0 aliphatic carbocycles. The van der Waals surface area contributed by atoms with Gasteiger partial charge in [-0.25, -0.2) is 4.98 Å². The third-order valence-corrected chi connectivity index (χ3v) is 2.39. The number of pyridine rings is 1. The molecule has 12 heavy (non-hydrogen) atoms. The number of aromatic nitrogens is 1. The van der Waals surface area contributed by atoms with Gasteiger partial charge in [-0.2, -0.15) is 0 Å². The van der Waals surface area contributed by atoms with E-state index in [0.717, 1.165) is 5.56 Å². The zero-order chi connectivity index (χ0) is 9.14. The summed E-state index contributed by atoms with van der Waals surface area (Å²) in [6, 6.07) is 1.86. The summed E-state index contributed by atoms with van der Waals surface area (Å²) in [6.07, 6.45) is 1.59. The lowest BCUT2D eigenvalue weighted by Crippen LogP contribution is -2.13. The first-order chi connectivity index (χ1) is 5.66. The molecule has 1 atom stereocenters. The molecule has 0 aliphatic heterocycles. The Morgan fingerprint density at radius 2 is 2.17 bits per heavy atom. The Labute approximate surface area is 81.9 Å². The molecule has 1 aromatic heterocycles. The van der Waals surface area contributed by atoms with Crippen molar-refractivity contribution in [2.45, 2.75) is 13.0 Å². The molecule has 1 N–H and O–H groups in total. The third kappa shape index (κ3) is 1.89. The van der Waals surface area contributed by atoms with Gasteiger partial charge in [-0.3, -0.25) is 0 Å². The van der Waals surface area contributed by atoms with Crippen LogP contribution in [0.5, 0.6) is 0 Å². The average Bonchev–Trinajstić information content (AvgIpc) is 2.03. The fraction of sp³-hybridized carbons (Fsp3) is 0.375. The molecule has 1 rings (SSSR count). The normalized spacial score (nSPS) is 13.0. The number of nitrogens with one attached hydrogen (secondary N) is 1. The molecule has 1 aromatic rings. The smallest absolute Gasteiger partial charge is 0.135 e. The zero-order valence-corrected chi connectivity index (χ0v) is 8.45. The molecule has 0 aliphatic rings. The molecule has 0 radical (unpaired) electrons. The summed E-state index contributed by atoms with van der Waals surface area (Å²) < 4.78 is 0. The molecule has 2 nitrogen and oxygen atoms in total. The Kier molecular flexibility index (Phi) is 3.32. The lowest BCUT2D eigenvalue weighted by atomic mass is 10.1. The van der Waals surface area contributed by atoms with Gasteiger partial charge < -0.3 is 5.32 Å². The van der Waals surface area contributed by atoms with Crippen LogP contribution in [-0.4, -0.2) is 12.0 Å². The van der Waals surface area contributed by atoms with Crippen molar-refractivity contribution in [3.63, 3.8) is 0 Å². The average molecular weight is 205 g/mol. The molecule has 0 amide bonds. The van der Waals surface area contributed by atoms with Crippen molar-refractivity contribution in [3.8, 4) is 0 Å². The highest BCUT2D eigenvalue weighted by Crippen LogP contribution is 2.27. The molecule has 0 fully saturated rings. The zero-order valence-electron chi connectivity index (χ0n) is 6.94. The highest BCUT2D eigenvalue weighted by atomic mass is 35.5. The Balaban J connectivity index is 3.12. The number of hydrogen-bond acceptors (Lipinski definition) is 2. The van der Waals surface area contributed by atoms with E-state index in [0.29, 0.717) is 10.2 Å². The summed E-state index contributed by atoms with van der Waals surface area (Å²) in [5.74, 6) is 0. The fourth-order valence-corrected chi connectivity index (χ4v) is 1.64. The maximum atomic E-state index is 5.94. The Hall–Kier alpha value is -0.310. The maximum Gasteiger partial charge on any atom is 0.135 e. The Morgan fingerprint density at radius 1 is 1.50 bits per heavy atom. The summed E-state index contributed by atoms with van der Waals surface area (Å²) >= 11 is 11.8. The third-order valence-electron chi connectivity index (χ3n) is 1.75. The summed E-state index contributed by atoms with van der Waals surface area (Å²) in [4.78, 5) is 3.95. The summed E-state index contributed by atoms with van der Waals surface area (Å²) in [6.45, 7) is 1.98. The van der Waals surface area contributed by atoms with E-state index in [4.69, 9.17) is 23.2 Å². The molecule has 0 bridgehead atoms. The van der Waals surface area contributed by atoms with Crippen molar-refractivity contribution >= 4 is 23.2 Å². The van der Waals surface area contributed by atoms with Crippen LogP contribution in [0, 0.1) is 0 Å². The Bertz CT molecular complexity index is 256. The van der Waals surface area contributed by atoms with Crippen LogP contribution in [0.25, 0.3) is 0 Å². The minimum absolute atomic E-state index is 0.124. The minimum Gasteiger partial charge on any atom is -0.313 e. The number of hydrogen-bond donors (Lipinski definition) is 1. The van der Waals surface area contributed by atoms with Crippen LogP contribution in [0.4, 0.5) is 0 Å². The van der Waals surface area contributed by atoms with Crippen molar-refractivity contribution in [3.05, 3.63) is 28.0 Å². The molecule has 0 unspecified atom stereocenters. The molecular weight excluding hydrogens is 195 g/mol. The first-order valence-corrected chi connectivity index (χ1v) is 4.39. The number of halogens is 2. The van der Waals surface area contributed by atoms with Crippen molar-refractivity contribution in [1.82, 2.24) is 10.3 Å². The predicted octanol–water partition coefficient (Wildman–Crippen LogP) is 2.67. The van der Waals surface area contributed by atoms with Crippen molar-refractivity contribution in [2.24, 2.45) is 0 Å². The first-order valence-electron chi connectivity index (χ1n) is 3.64. The predicted molar refractivity (Wildman–Crippen MR) is 51.7 cm³/mol. The number of rotatable bonds is 2. The molecule has 1 heterocycles. The molecule has 4 heteroatoms. The van der Waals surface area contributed by atoms with Crippen molar-refractivity contribution < 1.29 is 0 Å². The van der Waals surface area contributed by atoms with Crippen molar-refractivity contribution in [2.75, 3.05) is 7.05 Å². The minimum atomic E-state index is 0.124. The van der Waals surface area contributed by atoms with Gasteiger partial charge in [-0.05, 0) is 20.0 Å². The topological polar surface area (TPSA) is 24.9 Å². The van der Waals surface area contributed by atoms with Gasteiger partial charge in [0.2, 0.25) is 0 Å². The molecule has 0 saturated carbocycles. The van der Waals surface area contributed by atoms with Crippen LogP contribution in [0.1, 0.15) is 18.5 Å².